The van der Waals surface area contributed by atoms with E-state index >= 15 is 0 Å². The fourth-order valence-electron chi connectivity index (χ4n) is 2.49. The molecule has 2 heterocycles. The molecular weight excluding hydrogens is 346 g/mol. The van der Waals surface area contributed by atoms with E-state index in [2.05, 4.69) is 20.7 Å². The number of fused-ring (bicyclic) bond motifs is 1. The van der Waals surface area contributed by atoms with Crippen LogP contribution in [0.4, 0.5) is 11.9 Å². The smallest absolute Gasteiger partial charge is 0.303 e. The predicted octanol–water partition coefficient (Wildman–Crippen LogP) is 2.65. The van der Waals surface area contributed by atoms with Crippen LogP contribution < -0.4 is 10.6 Å². The Morgan fingerprint density at radius 1 is 1.32 bits per heavy atom. The minimum Gasteiger partial charge on any atom is -0.481 e. The molecule has 1 aromatic heterocycles. The van der Waals surface area contributed by atoms with Gasteiger partial charge in [-0.05, 0) is 30.7 Å². The molecule has 25 heavy (non-hydrogen) atoms. The molecule has 1 aliphatic rings. The highest BCUT2D eigenvalue weighted by Crippen LogP contribution is 2.30. The van der Waals surface area contributed by atoms with Crippen molar-refractivity contribution >= 4 is 35.4 Å². The summed E-state index contributed by atoms with van der Waals surface area (Å²) in [4.78, 5) is 26.6. The lowest BCUT2D eigenvalue weighted by molar-refractivity contribution is -0.138. The SMILES string of the molecule is CC1=C[C@@H](c2ccc(Cl)cc2)n2nc(NC(=O)CCC(=O)O)nc2N1. The van der Waals surface area contributed by atoms with E-state index in [1.165, 1.54) is 0 Å². The number of carboxylic acids is 1. The summed E-state index contributed by atoms with van der Waals surface area (Å²) in [5.41, 5.74) is 1.88. The number of halogens is 1. The summed E-state index contributed by atoms with van der Waals surface area (Å²) in [6.45, 7) is 1.91. The third-order valence-electron chi connectivity index (χ3n) is 3.64. The molecule has 0 saturated carbocycles. The van der Waals surface area contributed by atoms with E-state index in [0.717, 1.165) is 11.3 Å². The quantitative estimate of drug-likeness (QED) is 0.755. The van der Waals surface area contributed by atoms with Gasteiger partial charge in [0.05, 0.1) is 6.42 Å². The Balaban J connectivity index is 1.82. The Kier molecular flexibility index (Phi) is 4.71. The summed E-state index contributed by atoms with van der Waals surface area (Å²) in [5, 5.41) is 19.2. The molecule has 0 unspecified atom stereocenters. The molecule has 2 aromatic rings. The van der Waals surface area contributed by atoms with Gasteiger partial charge in [0, 0.05) is 17.1 Å². The fourth-order valence-corrected chi connectivity index (χ4v) is 2.61. The standard InChI is InChI=1S/C16H16ClN5O3/c1-9-8-12(10-2-4-11(17)5-3-10)22-16(18-9)20-15(21-22)19-13(23)6-7-14(24)25/h2-5,8,12H,6-7H2,1H3,(H,24,25)(H2,18,19,20,21,23)/t12-/m0/s1. The zero-order valence-corrected chi connectivity index (χ0v) is 14.1. The van der Waals surface area contributed by atoms with E-state index in [9.17, 15) is 9.59 Å². The number of anilines is 2. The number of nitrogens with one attached hydrogen (secondary N) is 2. The summed E-state index contributed by atoms with van der Waals surface area (Å²) < 4.78 is 1.66. The second-order valence-electron chi connectivity index (χ2n) is 5.62. The fraction of sp³-hybridized carbons (Fsp3) is 0.250. The van der Waals surface area contributed by atoms with Crippen LogP contribution in [0, 0.1) is 0 Å². The van der Waals surface area contributed by atoms with Gasteiger partial charge in [-0.25, -0.2) is 4.68 Å². The van der Waals surface area contributed by atoms with Gasteiger partial charge in [-0.2, -0.15) is 4.98 Å². The molecule has 3 N–H and O–H groups in total. The third-order valence-corrected chi connectivity index (χ3v) is 3.89. The number of carboxylic acid groups (broad SMARTS) is 1. The van der Waals surface area contributed by atoms with Crippen LogP contribution in [0.1, 0.15) is 31.4 Å². The lowest BCUT2D eigenvalue weighted by Gasteiger charge is -2.22. The first-order valence-corrected chi connectivity index (χ1v) is 7.99. The summed E-state index contributed by atoms with van der Waals surface area (Å²) in [6, 6.07) is 7.21. The van der Waals surface area contributed by atoms with Crippen LogP contribution in [0.3, 0.4) is 0 Å². The monoisotopic (exact) mass is 361 g/mol. The van der Waals surface area contributed by atoms with Crippen molar-refractivity contribution in [3.63, 3.8) is 0 Å². The molecule has 130 valence electrons. The molecule has 1 amide bonds. The topological polar surface area (TPSA) is 109 Å². The summed E-state index contributed by atoms with van der Waals surface area (Å²) >= 11 is 5.94. The number of rotatable bonds is 5. The summed E-state index contributed by atoms with van der Waals surface area (Å²) in [5.74, 6) is -0.858. The molecule has 1 aromatic carbocycles. The van der Waals surface area contributed by atoms with Crippen LogP contribution in [-0.2, 0) is 9.59 Å². The highest BCUT2D eigenvalue weighted by Gasteiger charge is 2.24. The molecule has 0 radical (unpaired) electrons. The van der Waals surface area contributed by atoms with Gasteiger partial charge in [-0.3, -0.25) is 14.9 Å². The lowest BCUT2D eigenvalue weighted by Crippen LogP contribution is -2.19. The van der Waals surface area contributed by atoms with Crippen LogP contribution in [0.2, 0.25) is 5.02 Å². The molecule has 1 atom stereocenters. The molecular formula is C16H16ClN5O3. The predicted molar refractivity (Wildman–Crippen MR) is 92.5 cm³/mol. The van der Waals surface area contributed by atoms with Crippen LogP contribution in [-0.4, -0.2) is 31.7 Å². The number of benzene rings is 1. The van der Waals surface area contributed by atoms with E-state index in [1.807, 2.05) is 25.1 Å². The number of aromatic nitrogens is 3. The average Bonchev–Trinajstić information content (AvgIpc) is 2.95. The van der Waals surface area contributed by atoms with Crippen LogP contribution >= 0.6 is 11.6 Å². The zero-order valence-electron chi connectivity index (χ0n) is 13.4. The maximum absolute atomic E-state index is 11.8. The summed E-state index contributed by atoms with van der Waals surface area (Å²) in [7, 11) is 0. The molecule has 1 aliphatic heterocycles. The number of amides is 1. The van der Waals surface area contributed by atoms with Crippen molar-refractivity contribution < 1.29 is 14.7 Å². The molecule has 9 heteroatoms. The number of hydrogen-bond donors (Lipinski definition) is 3. The van der Waals surface area contributed by atoms with Crippen molar-refractivity contribution in [2.75, 3.05) is 10.6 Å². The first-order valence-electron chi connectivity index (χ1n) is 7.61. The average molecular weight is 362 g/mol. The Morgan fingerprint density at radius 3 is 2.72 bits per heavy atom. The number of carbonyl (C=O) groups excluding carboxylic acids is 1. The Hall–Kier alpha value is -2.87. The van der Waals surface area contributed by atoms with E-state index in [4.69, 9.17) is 16.7 Å². The van der Waals surface area contributed by atoms with Crippen molar-refractivity contribution in [3.8, 4) is 0 Å². The molecule has 0 saturated heterocycles. The van der Waals surface area contributed by atoms with E-state index < -0.39 is 11.9 Å². The van der Waals surface area contributed by atoms with E-state index in [0.29, 0.717) is 11.0 Å². The van der Waals surface area contributed by atoms with Gasteiger partial charge >= 0.3 is 5.97 Å². The van der Waals surface area contributed by atoms with Crippen molar-refractivity contribution in [2.45, 2.75) is 25.8 Å². The zero-order chi connectivity index (χ0) is 18.0. The van der Waals surface area contributed by atoms with E-state index in [1.54, 1.807) is 16.8 Å². The maximum Gasteiger partial charge on any atom is 0.303 e. The Bertz CT molecular complexity index is 844. The van der Waals surface area contributed by atoms with Crippen molar-refractivity contribution in [2.24, 2.45) is 0 Å². The molecule has 0 spiro atoms. The lowest BCUT2D eigenvalue weighted by atomic mass is 10.1. The van der Waals surface area contributed by atoms with Crippen LogP contribution in [0.15, 0.2) is 36.0 Å². The van der Waals surface area contributed by atoms with Crippen molar-refractivity contribution in [3.05, 3.63) is 46.6 Å². The number of allylic oxidation sites excluding steroid dienone is 2. The van der Waals surface area contributed by atoms with Crippen LogP contribution in [0.5, 0.6) is 0 Å². The van der Waals surface area contributed by atoms with Crippen molar-refractivity contribution in [1.82, 2.24) is 14.8 Å². The van der Waals surface area contributed by atoms with Gasteiger partial charge < -0.3 is 10.4 Å². The molecule has 3 rings (SSSR count). The second-order valence-corrected chi connectivity index (χ2v) is 6.05. The highest BCUT2D eigenvalue weighted by atomic mass is 35.5. The van der Waals surface area contributed by atoms with Crippen LogP contribution in [0.25, 0.3) is 0 Å². The highest BCUT2D eigenvalue weighted by molar-refractivity contribution is 6.30. The molecule has 0 aliphatic carbocycles. The molecule has 8 nitrogen and oxygen atoms in total. The van der Waals surface area contributed by atoms with Gasteiger partial charge in [-0.15, -0.1) is 5.10 Å². The summed E-state index contributed by atoms with van der Waals surface area (Å²) in [6.07, 6.45) is 1.61. The maximum atomic E-state index is 11.8. The van der Waals surface area contributed by atoms with Crippen molar-refractivity contribution in [1.29, 1.82) is 0 Å². The number of carbonyl (C=O) groups is 2. The Morgan fingerprint density at radius 2 is 2.04 bits per heavy atom. The normalized spacial score (nSPS) is 15.8. The minimum atomic E-state index is -1.03. The van der Waals surface area contributed by atoms with E-state index in [-0.39, 0.29) is 24.8 Å². The Labute approximate surface area is 148 Å². The van der Waals surface area contributed by atoms with Gasteiger partial charge in [-0.1, -0.05) is 23.7 Å². The van der Waals surface area contributed by atoms with Gasteiger partial charge in [0.2, 0.25) is 11.9 Å². The number of nitrogens with zero attached hydrogens (tertiary/aromatic N) is 3. The first-order chi connectivity index (χ1) is 11.9. The minimum absolute atomic E-state index is 0.125. The number of hydrogen-bond acceptors (Lipinski definition) is 5. The largest absolute Gasteiger partial charge is 0.481 e. The molecule has 0 bridgehead atoms. The van der Waals surface area contributed by atoms with Gasteiger partial charge in [0.1, 0.15) is 6.04 Å². The molecule has 0 fully saturated rings. The van der Waals surface area contributed by atoms with Gasteiger partial charge in [0.15, 0.2) is 0 Å². The second kappa shape index (κ2) is 6.94. The first kappa shape index (κ1) is 17.0. The number of aliphatic carboxylic acids is 1. The third kappa shape index (κ3) is 3.97. The van der Waals surface area contributed by atoms with Gasteiger partial charge in [0.25, 0.3) is 5.95 Å².